The predicted molar refractivity (Wildman–Crippen MR) is 77.3 cm³/mol. The molecule has 0 aliphatic heterocycles. The number of hydrogen-bond acceptors (Lipinski definition) is 3. The fourth-order valence-electron chi connectivity index (χ4n) is 1.56. The number of ether oxygens (including phenoxy) is 1. The molecule has 0 fully saturated rings. The average Bonchev–Trinajstić information content (AvgIpc) is 2.42. The van der Waals surface area contributed by atoms with Crippen LogP contribution in [0.1, 0.15) is 15.9 Å². The average molecular weight is 383 g/mol. The van der Waals surface area contributed by atoms with E-state index in [2.05, 4.69) is 0 Å². The van der Waals surface area contributed by atoms with Crippen LogP contribution in [0.2, 0.25) is 0 Å². The Balaban J connectivity index is 2.45. The molecule has 0 aliphatic rings. The summed E-state index contributed by atoms with van der Waals surface area (Å²) in [6.45, 7) is 0. The van der Waals surface area contributed by atoms with Gasteiger partial charge in [-0.15, -0.1) is 0 Å². The van der Waals surface area contributed by atoms with Crippen molar-refractivity contribution >= 4 is 28.6 Å². The van der Waals surface area contributed by atoms with E-state index in [1.54, 1.807) is 12.1 Å². The Morgan fingerprint density at radius 3 is 2.60 bits per heavy atom. The van der Waals surface area contributed by atoms with E-state index in [0.29, 0.717) is 0 Å². The fourth-order valence-corrected chi connectivity index (χ4v) is 2.05. The molecule has 100 valence electrons. The lowest BCUT2D eigenvalue weighted by Gasteiger charge is -2.10. The first-order valence-electron chi connectivity index (χ1n) is 5.41. The smallest absolute Gasteiger partial charge is 0.339 e. The maximum atomic E-state index is 13.0. The Morgan fingerprint density at radius 1 is 1.25 bits per heavy atom. The highest BCUT2D eigenvalue weighted by Gasteiger charge is 2.14. The monoisotopic (exact) mass is 383 g/mol. The van der Waals surface area contributed by atoms with Gasteiger partial charge in [0.2, 0.25) is 0 Å². The Hall–Kier alpha value is -2.14. The van der Waals surface area contributed by atoms with Gasteiger partial charge < -0.3 is 9.84 Å². The van der Waals surface area contributed by atoms with Gasteiger partial charge in [0.1, 0.15) is 28.9 Å². The SMILES string of the molecule is N#Cc1cc(F)ccc1Oc1ccc(I)cc1C(=O)O. The van der Waals surface area contributed by atoms with Crippen LogP contribution in [0.3, 0.4) is 0 Å². The summed E-state index contributed by atoms with van der Waals surface area (Å²) in [6.07, 6.45) is 0. The van der Waals surface area contributed by atoms with Crippen LogP contribution in [0.4, 0.5) is 4.39 Å². The van der Waals surface area contributed by atoms with Crippen molar-refractivity contribution in [1.29, 1.82) is 5.26 Å². The quantitative estimate of drug-likeness (QED) is 0.819. The van der Waals surface area contributed by atoms with Gasteiger partial charge in [-0.3, -0.25) is 0 Å². The summed E-state index contributed by atoms with van der Waals surface area (Å²) in [7, 11) is 0. The first kappa shape index (κ1) is 14.3. The van der Waals surface area contributed by atoms with Gasteiger partial charge in [-0.1, -0.05) is 0 Å². The number of rotatable bonds is 3. The molecule has 2 rings (SSSR count). The third kappa shape index (κ3) is 3.05. The fraction of sp³-hybridized carbons (Fsp3) is 0. The maximum Gasteiger partial charge on any atom is 0.339 e. The third-order valence-corrected chi connectivity index (χ3v) is 3.12. The molecule has 0 radical (unpaired) electrons. The van der Waals surface area contributed by atoms with Crippen LogP contribution in [0.15, 0.2) is 36.4 Å². The minimum absolute atomic E-state index is 0.000103. The summed E-state index contributed by atoms with van der Waals surface area (Å²) in [5.74, 6) is -1.49. The molecular formula is C14H7FINO3. The molecule has 0 amide bonds. The van der Waals surface area contributed by atoms with Crippen molar-refractivity contribution in [1.82, 2.24) is 0 Å². The van der Waals surface area contributed by atoms with E-state index < -0.39 is 11.8 Å². The van der Waals surface area contributed by atoms with E-state index in [1.165, 1.54) is 18.2 Å². The summed E-state index contributed by atoms with van der Waals surface area (Å²) in [6, 6.07) is 9.89. The third-order valence-electron chi connectivity index (χ3n) is 2.45. The number of aromatic carboxylic acids is 1. The number of carboxylic acids is 1. The molecule has 0 heterocycles. The van der Waals surface area contributed by atoms with Crippen LogP contribution in [-0.2, 0) is 0 Å². The zero-order valence-corrected chi connectivity index (χ0v) is 12.1. The summed E-state index contributed by atoms with van der Waals surface area (Å²) < 4.78 is 19.2. The normalized spacial score (nSPS) is 9.85. The molecule has 0 aliphatic carbocycles. The Morgan fingerprint density at radius 2 is 1.95 bits per heavy atom. The number of nitriles is 1. The zero-order chi connectivity index (χ0) is 14.7. The van der Waals surface area contributed by atoms with Gasteiger partial charge in [0, 0.05) is 3.57 Å². The second-order valence-electron chi connectivity index (χ2n) is 3.80. The minimum Gasteiger partial charge on any atom is -0.478 e. The lowest BCUT2D eigenvalue weighted by Crippen LogP contribution is -2.01. The number of carboxylic acid groups (broad SMARTS) is 1. The predicted octanol–water partition coefficient (Wildman–Crippen LogP) is 3.79. The highest BCUT2D eigenvalue weighted by atomic mass is 127. The molecule has 4 nitrogen and oxygen atoms in total. The molecule has 2 aromatic rings. The van der Waals surface area contributed by atoms with Crippen molar-refractivity contribution in [3.8, 4) is 17.6 Å². The Kier molecular flexibility index (Phi) is 4.20. The van der Waals surface area contributed by atoms with Crippen LogP contribution in [0, 0.1) is 20.7 Å². The second-order valence-corrected chi connectivity index (χ2v) is 5.05. The number of benzene rings is 2. The zero-order valence-electron chi connectivity index (χ0n) is 9.93. The molecule has 2 aromatic carbocycles. The molecule has 1 N–H and O–H groups in total. The van der Waals surface area contributed by atoms with E-state index in [-0.39, 0.29) is 22.6 Å². The molecule has 0 aromatic heterocycles. The van der Waals surface area contributed by atoms with Gasteiger partial charge in [0.05, 0.1) is 5.56 Å². The van der Waals surface area contributed by atoms with Gasteiger partial charge in [0.25, 0.3) is 0 Å². The van der Waals surface area contributed by atoms with Crippen LogP contribution in [0.5, 0.6) is 11.5 Å². The highest BCUT2D eigenvalue weighted by Crippen LogP contribution is 2.29. The summed E-state index contributed by atoms with van der Waals surface area (Å²) in [5, 5.41) is 18.1. The molecule has 0 bridgehead atoms. The van der Waals surface area contributed by atoms with Crippen molar-refractivity contribution in [3.05, 3.63) is 56.9 Å². The van der Waals surface area contributed by atoms with E-state index in [1.807, 2.05) is 22.6 Å². The minimum atomic E-state index is -1.14. The molecule has 20 heavy (non-hydrogen) atoms. The van der Waals surface area contributed by atoms with E-state index in [4.69, 9.17) is 15.1 Å². The van der Waals surface area contributed by atoms with Crippen LogP contribution >= 0.6 is 22.6 Å². The molecule has 0 saturated heterocycles. The maximum absolute atomic E-state index is 13.0. The molecule has 6 heteroatoms. The van der Waals surface area contributed by atoms with Crippen LogP contribution in [-0.4, -0.2) is 11.1 Å². The van der Waals surface area contributed by atoms with Gasteiger partial charge >= 0.3 is 5.97 Å². The molecule has 0 spiro atoms. The van der Waals surface area contributed by atoms with Gasteiger partial charge in [-0.2, -0.15) is 5.26 Å². The molecule has 0 saturated carbocycles. The summed E-state index contributed by atoms with van der Waals surface area (Å²) in [4.78, 5) is 11.2. The van der Waals surface area contributed by atoms with E-state index >= 15 is 0 Å². The standard InChI is InChI=1S/C14H7FINO3/c15-9-1-3-12(8(5-9)7-17)20-13-4-2-10(16)6-11(13)14(18)19/h1-6H,(H,18,19). The second kappa shape index (κ2) is 5.88. The summed E-state index contributed by atoms with van der Waals surface area (Å²) >= 11 is 1.98. The van der Waals surface area contributed by atoms with E-state index in [0.717, 1.165) is 15.7 Å². The highest BCUT2D eigenvalue weighted by molar-refractivity contribution is 14.1. The number of nitrogens with zero attached hydrogens (tertiary/aromatic N) is 1. The molecular weight excluding hydrogens is 376 g/mol. The Labute approximate surface area is 127 Å². The number of hydrogen-bond donors (Lipinski definition) is 1. The van der Waals surface area contributed by atoms with E-state index in [9.17, 15) is 9.18 Å². The Bertz CT molecular complexity index is 725. The molecule has 0 atom stereocenters. The lowest BCUT2D eigenvalue weighted by atomic mass is 10.2. The van der Waals surface area contributed by atoms with Crippen LogP contribution in [0.25, 0.3) is 0 Å². The van der Waals surface area contributed by atoms with Gasteiger partial charge in [-0.25, -0.2) is 9.18 Å². The largest absolute Gasteiger partial charge is 0.478 e. The first-order chi connectivity index (χ1) is 9.51. The van der Waals surface area contributed by atoms with Crippen molar-refractivity contribution in [2.45, 2.75) is 0 Å². The topological polar surface area (TPSA) is 70.3 Å². The van der Waals surface area contributed by atoms with Crippen LogP contribution < -0.4 is 4.74 Å². The first-order valence-corrected chi connectivity index (χ1v) is 6.49. The van der Waals surface area contributed by atoms with Crippen molar-refractivity contribution in [2.24, 2.45) is 0 Å². The van der Waals surface area contributed by atoms with Crippen molar-refractivity contribution in [2.75, 3.05) is 0 Å². The molecule has 0 unspecified atom stereocenters. The van der Waals surface area contributed by atoms with Crippen molar-refractivity contribution < 1.29 is 19.0 Å². The van der Waals surface area contributed by atoms with Crippen molar-refractivity contribution in [3.63, 3.8) is 0 Å². The van der Waals surface area contributed by atoms with Gasteiger partial charge in [-0.05, 0) is 59.0 Å². The lowest BCUT2D eigenvalue weighted by molar-refractivity contribution is 0.0694. The summed E-state index contributed by atoms with van der Waals surface area (Å²) in [5.41, 5.74) is -0.0231. The number of carbonyl (C=O) groups is 1. The van der Waals surface area contributed by atoms with Gasteiger partial charge in [0.15, 0.2) is 0 Å². The number of halogens is 2.